The molecule has 0 radical (unpaired) electrons. The first-order valence-electron chi connectivity index (χ1n) is 4.94. The molecule has 0 heterocycles. The molecule has 0 saturated heterocycles. The van der Waals surface area contributed by atoms with Gasteiger partial charge in [0, 0.05) is 0 Å². The van der Waals surface area contributed by atoms with Crippen LogP contribution in [0.3, 0.4) is 0 Å². The van der Waals surface area contributed by atoms with Crippen LogP contribution in [0.5, 0.6) is 0 Å². The largest absolute Gasteiger partial charge is 0.389 e. The highest BCUT2D eigenvalue weighted by Crippen LogP contribution is 2.14. The van der Waals surface area contributed by atoms with Crippen LogP contribution in [0.4, 0.5) is 0 Å². The lowest BCUT2D eigenvalue weighted by Crippen LogP contribution is -2.00. The summed E-state index contributed by atoms with van der Waals surface area (Å²) >= 11 is 0. The Labute approximate surface area is 86.1 Å². The monoisotopic (exact) mass is 190 g/mol. The van der Waals surface area contributed by atoms with E-state index in [-0.39, 0.29) is 6.10 Å². The van der Waals surface area contributed by atoms with Gasteiger partial charge in [0.1, 0.15) is 0 Å². The summed E-state index contributed by atoms with van der Waals surface area (Å²) in [6.07, 6.45) is 1.66. The molecule has 1 aromatic rings. The number of rotatable bonds is 2. The smallest absolute Gasteiger partial charge is 0.0722 e. The minimum absolute atomic E-state index is 0.364. The zero-order valence-corrected chi connectivity index (χ0v) is 9.33. The number of benzene rings is 1. The third-order valence-corrected chi connectivity index (χ3v) is 2.58. The predicted molar refractivity (Wildman–Crippen MR) is 61.2 cm³/mol. The van der Waals surface area contributed by atoms with E-state index in [2.05, 4.69) is 32.0 Å². The van der Waals surface area contributed by atoms with Crippen molar-refractivity contribution < 1.29 is 5.11 Å². The summed E-state index contributed by atoms with van der Waals surface area (Å²) in [4.78, 5) is 0. The van der Waals surface area contributed by atoms with Gasteiger partial charge in [-0.2, -0.15) is 0 Å². The molecule has 1 atom stereocenters. The number of hydrogen-bond donors (Lipinski definition) is 1. The number of hydrogen-bond acceptors (Lipinski definition) is 1. The average molecular weight is 190 g/mol. The van der Waals surface area contributed by atoms with Gasteiger partial charge in [-0.05, 0) is 50.0 Å². The van der Waals surface area contributed by atoms with Crippen molar-refractivity contribution in [3.8, 4) is 0 Å². The van der Waals surface area contributed by atoms with E-state index in [9.17, 15) is 5.11 Å². The van der Waals surface area contributed by atoms with Crippen molar-refractivity contribution in [2.45, 2.75) is 33.8 Å². The summed E-state index contributed by atoms with van der Waals surface area (Å²) < 4.78 is 0. The van der Waals surface area contributed by atoms with E-state index >= 15 is 0 Å². The molecule has 0 aliphatic rings. The summed E-state index contributed by atoms with van der Waals surface area (Å²) in [5.41, 5.74) is 4.74. The third-order valence-electron chi connectivity index (χ3n) is 2.58. The highest BCUT2D eigenvalue weighted by Gasteiger charge is 1.99. The minimum Gasteiger partial charge on any atom is -0.389 e. The molecule has 0 bridgehead atoms. The van der Waals surface area contributed by atoms with Crippen molar-refractivity contribution in [1.82, 2.24) is 0 Å². The average Bonchev–Trinajstić information content (AvgIpc) is 2.11. The van der Waals surface area contributed by atoms with Crippen LogP contribution in [0.25, 0.3) is 6.08 Å². The van der Waals surface area contributed by atoms with E-state index in [1.54, 1.807) is 6.92 Å². The number of aryl methyl sites for hydroxylation is 2. The summed E-state index contributed by atoms with van der Waals surface area (Å²) in [5.74, 6) is 0. The molecule has 0 aliphatic heterocycles. The molecule has 1 rings (SSSR count). The maximum atomic E-state index is 9.34. The summed E-state index contributed by atoms with van der Waals surface area (Å²) in [5, 5.41) is 9.34. The molecular formula is C13H18O. The van der Waals surface area contributed by atoms with Crippen LogP contribution < -0.4 is 0 Å². The van der Waals surface area contributed by atoms with E-state index in [0.717, 1.165) is 11.1 Å². The molecule has 0 amide bonds. The van der Waals surface area contributed by atoms with Crippen LogP contribution in [0.15, 0.2) is 23.8 Å². The van der Waals surface area contributed by atoms with Gasteiger partial charge in [-0.15, -0.1) is 0 Å². The van der Waals surface area contributed by atoms with Crippen molar-refractivity contribution in [2.75, 3.05) is 0 Å². The SMILES string of the molecule is C/C(=C\c1ccc(C)c(C)c1)C(C)O. The fourth-order valence-electron chi connectivity index (χ4n) is 1.24. The maximum absolute atomic E-state index is 9.34. The Bertz CT molecular complexity index is 348. The summed E-state index contributed by atoms with van der Waals surface area (Å²) in [7, 11) is 0. The van der Waals surface area contributed by atoms with E-state index in [0.29, 0.717) is 0 Å². The van der Waals surface area contributed by atoms with Gasteiger partial charge in [-0.1, -0.05) is 24.3 Å². The molecule has 0 saturated carbocycles. The second-order valence-electron chi connectivity index (χ2n) is 3.91. The van der Waals surface area contributed by atoms with E-state index in [1.807, 2.05) is 13.0 Å². The number of aliphatic hydroxyl groups excluding tert-OH is 1. The topological polar surface area (TPSA) is 20.2 Å². The highest BCUT2D eigenvalue weighted by atomic mass is 16.3. The Morgan fingerprint density at radius 1 is 1.29 bits per heavy atom. The highest BCUT2D eigenvalue weighted by molar-refractivity contribution is 5.54. The van der Waals surface area contributed by atoms with Gasteiger partial charge in [-0.3, -0.25) is 0 Å². The van der Waals surface area contributed by atoms with Crippen LogP contribution >= 0.6 is 0 Å². The predicted octanol–water partition coefficient (Wildman–Crippen LogP) is 3.09. The van der Waals surface area contributed by atoms with Gasteiger partial charge in [0.05, 0.1) is 6.10 Å². The molecule has 1 heteroatoms. The van der Waals surface area contributed by atoms with Crippen molar-refractivity contribution in [2.24, 2.45) is 0 Å². The fraction of sp³-hybridized carbons (Fsp3) is 0.385. The zero-order valence-electron chi connectivity index (χ0n) is 9.33. The normalized spacial score (nSPS) is 14.2. The molecule has 1 N–H and O–H groups in total. The van der Waals surface area contributed by atoms with Crippen molar-refractivity contribution in [3.05, 3.63) is 40.5 Å². The first-order chi connectivity index (χ1) is 6.50. The van der Waals surface area contributed by atoms with Gasteiger partial charge in [0.15, 0.2) is 0 Å². The first kappa shape index (κ1) is 11.0. The minimum atomic E-state index is -0.364. The van der Waals surface area contributed by atoms with Gasteiger partial charge >= 0.3 is 0 Å². The van der Waals surface area contributed by atoms with Crippen LogP contribution in [-0.2, 0) is 0 Å². The lowest BCUT2D eigenvalue weighted by molar-refractivity contribution is 0.232. The second-order valence-corrected chi connectivity index (χ2v) is 3.91. The molecule has 0 aliphatic carbocycles. The Hall–Kier alpha value is -1.08. The van der Waals surface area contributed by atoms with E-state index in [4.69, 9.17) is 0 Å². The fourth-order valence-corrected chi connectivity index (χ4v) is 1.24. The van der Waals surface area contributed by atoms with E-state index in [1.165, 1.54) is 11.1 Å². The summed E-state index contributed by atoms with van der Waals surface area (Å²) in [6, 6.07) is 6.33. The lowest BCUT2D eigenvalue weighted by atomic mass is 10.0. The van der Waals surface area contributed by atoms with Gasteiger partial charge in [-0.25, -0.2) is 0 Å². The van der Waals surface area contributed by atoms with Gasteiger partial charge in [0.25, 0.3) is 0 Å². The van der Waals surface area contributed by atoms with Crippen LogP contribution in [0.2, 0.25) is 0 Å². The molecule has 0 fully saturated rings. The Kier molecular flexibility index (Phi) is 3.48. The van der Waals surface area contributed by atoms with Crippen LogP contribution in [-0.4, -0.2) is 11.2 Å². The van der Waals surface area contributed by atoms with Crippen molar-refractivity contribution >= 4 is 6.08 Å². The molecule has 76 valence electrons. The summed E-state index contributed by atoms with van der Waals surface area (Å²) in [6.45, 7) is 7.93. The molecule has 1 nitrogen and oxygen atoms in total. The molecule has 14 heavy (non-hydrogen) atoms. The van der Waals surface area contributed by atoms with Crippen molar-refractivity contribution in [1.29, 1.82) is 0 Å². The first-order valence-corrected chi connectivity index (χ1v) is 4.94. The quantitative estimate of drug-likeness (QED) is 0.759. The Morgan fingerprint density at radius 2 is 1.93 bits per heavy atom. The van der Waals surface area contributed by atoms with E-state index < -0.39 is 0 Å². The Morgan fingerprint density at radius 3 is 2.43 bits per heavy atom. The maximum Gasteiger partial charge on any atom is 0.0722 e. The molecule has 0 aromatic heterocycles. The number of aliphatic hydroxyl groups is 1. The zero-order chi connectivity index (χ0) is 10.7. The molecule has 1 aromatic carbocycles. The van der Waals surface area contributed by atoms with Gasteiger partial charge in [0.2, 0.25) is 0 Å². The molecule has 0 spiro atoms. The second kappa shape index (κ2) is 4.43. The van der Waals surface area contributed by atoms with Crippen molar-refractivity contribution in [3.63, 3.8) is 0 Å². The molecule has 1 unspecified atom stereocenters. The Balaban J connectivity index is 2.98. The van der Waals surface area contributed by atoms with Gasteiger partial charge < -0.3 is 5.11 Å². The van der Waals surface area contributed by atoms with Crippen LogP contribution in [0.1, 0.15) is 30.5 Å². The molecular weight excluding hydrogens is 172 g/mol. The standard InChI is InChI=1S/C13H18O/c1-9-5-6-13(7-10(9)2)8-11(3)12(4)14/h5-8,12,14H,1-4H3/b11-8+. The third kappa shape index (κ3) is 2.71. The van der Waals surface area contributed by atoms with Crippen LogP contribution in [0, 0.1) is 13.8 Å². The lowest BCUT2D eigenvalue weighted by Gasteiger charge is -2.05.